The standard InChI is InChI=1S/C21H18Cl2F4N4O2/c1-2-3-28-19(32)16-4-11-9-31(10-12(11)8-29-16)17-7-20(33-30-17,21(25,26)27)13-5-14(22)18(24)15(23)6-13/h4-6,8H,2-3,7,9-10H2,1H3,(H,28,32). The van der Waals surface area contributed by atoms with Crippen LogP contribution in [0.2, 0.25) is 10.0 Å². The van der Waals surface area contributed by atoms with Crippen LogP contribution in [0.4, 0.5) is 17.6 Å². The summed E-state index contributed by atoms with van der Waals surface area (Å²) in [6.45, 7) is 2.91. The summed E-state index contributed by atoms with van der Waals surface area (Å²) in [5.74, 6) is -1.28. The Kier molecular flexibility index (Phi) is 6.17. The van der Waals surface area contributed by atoms with Gasteiger partial charge >= 0.3 is 6.18 Å². The van der Waals surface area contributed by atoms with E-state index in [0.717, 1.165) is 29.7 Å². The number of amides is 1. The molecule has 0 radical (unpaired) electrons. The van der Waals surface area contributed by atoms with E-state index >= 15 is 0 Å². The Hall–Kier alpha value is -2.59. The lowest BCUT2D eigenvalue weighted by molar-refractivity contribution is -0.275. The van der Waals surface area contributed by atoms with Crippen molar-refractivity contribution in [1.29, 1.82) is 0 Å². The van der Waals surface area contributed by atoms with Gasteiger partial charge in [0.25, 0.3) is 11.5 Å². The number of benzene rings is 1. The fourth-order valence-electron chi connectivity index (χ4n) is 3.76. The van der Waals surface area contributed by atoms with Crippen molar-refractivity contribution in [2.24, 2.45) is 5.16 Å². The number of halogens is 6. The molecule has 3 heterocycles. The van der Waals surface area contributed by atoms with Crippen LogP contribution >= 0.6 is 23.2 Å². The van der Waals surface area contributed by atoms with Gasteiger partial charge in [-0.2, -0.15) is 13.2 Å². The number of oxime groups is 1. The van der Waals surface area contributed by atoms with Crippen molar-refractivity contribution in [2.75, 3.05) is 6.54 Å². The van der Waals surface area contributed by atoms with Crippen molar-refractivity contribution in [1.82, 2.24) is 15.2 Å². The normalized spacial score (nSPS) is 19.8. The first-order chi connectivity index (χ1) is 15.6. The third kappa shape index (κ3) is 4.21. The fourth-order valence-corrected chi connectivity index (χ4v) is 4.25. The maximum absolute atomic E-state index is 14.2. The number of nitrogens with one attached hydrogen (secondary N) is 1. The van der Waals surface area contributed by atoms with E-state index in [-0.39, 0.29) is 30.5 Å². The number of carbonyl (C=O) groups excluding carboxylic acids is 1. The molecule has 1 aromatic carbocycles. The molecule has 6 nitrogen and oxygen atoms in total. The predicted molar refractivity (Wildman–Crippen MR) is 113 cm³/mol. The number of nitrogens with zero attached hydrogens (tertiary/aromatic N) is 3. The Bertz CT molecular complexity index is 1120. The Labute approximate surface area is 196 Å². The molecule has 1 unspecified atom stereocenters. The van der Waals surface area contributed by atoms with E-state index in [1.807, 2.05) is 6.92 Å². The molecule has 4 rings (SSSR count). The van der Waals surface area contributed by atoms with Gasteiger partial charge in [-0.3, -0.25) is 9.78 Å². The summed E-state index contributed by atoms with van der Waals surface area (Å²) in [6, 6.07) is 3.31. The molecule has 1 N–H and O–H groups in total. The predicted octanol–water partition coefficient (Wildman–Crippen LogP) is 5.17. The topological polar surface area (TPSA) is 66.8 Å². The van der Waals surface area contributed by atoms with Crippen molar-refractivity contribution in [3.8, 4) is 0 Å². The zero-order valence-electron chi connectivity index (χ0n) is 17.3. The summed E-state index contributed by atoms with van der Waals surface area (Å²) in [4.78, 5) is 22.9. The molecule has 0 saturated heterocycles. The number of hydrogen-bond acceptors (Lipinski definition) is 5. The lowest BCUT2D eigenvalue weighted by Gasteiger charge is -2.30. The number of rotatable bonds is 4. The second kappa shape index (κ2) is 8.64. The molecule has 0 saturated carbocycles. The molecule has 1 aromatic heterocycles. The molecule has 0 spiro atoms. The van der Waals surface area contributed by atoms with Gasteiger partial charge in [0.1, 0.15) is 11.5 Å². The molecule has 33 heavy (non-hydrogen) atoms. The molecular formula is C21H18Cl2F4N4O2. The van der Waals surface area contributed by atoms with Crippen molar-refractivity contribution in [2.45, 2.75) is 44.6 Å². The maximum atomic E-state index is 14.2. The molecule has 1 amide bonds. The van der Waals surface area contributed by atoms with E-state index in [2.05, 4.69) is 15.5 Å². The van der Waals surface area contributed by atoms with Gasteiger partial charge < -0.3 is 15.1 Å². The lowest BCUT2D eigenvalue weighted by atomic mass is 9.89. The second-order valence-electron chi connectivity index (χ2n) is 7.80. The lowest BCUT2D eigenvalue weighted by Crippen LogP contribution is -2.44. The molecule has 12 heteroatoms. The molecule has 2 aromatic rings. The summed E-state index contributed by atoms with van der Waals surface area (Å²) in [5.41, 5.74) is -1.55. The summed E-state index contributed by atoms with van der Waals surface area (Å²) >= 11 is 11.5. The van der Waals surface area contributed by atoms with Crippen LogP contribution in [0.25, 0.3) is 0 Å². The zero-order chi connectivity index (χ0) is 24.0. The minimum Gasteiger partial charge on any atom is -0.372 e. The number of alkyl halides is 3. The van der Waals surface area contributed by atoms with Gasteiger partial charge in [0.2, 0.25) is 0 Å². The van der Waals surface area contributed by atoms with Gasteiger partial charge in [0, 0.05) is 31.4 Å². The summed E-state index contributed by atoms with van der Waals surface area (Å²) < 4.78 is 56.3. The third-order valence-electron chi connectivity index (χ3n) is 5.56. The van der Waals surface area contributed by atoms with Crippen LogP contribution in [0, 0.1) is 5.82 Å². The van der Waals surface area contributed by atoms with Crippen LogP contribution in [0.5, 0.6) is 0 Å². The summed E-state index contributed by atoms with van der Waals surface area (Å²) in [6.07, 6.45) is -3.24. The SMILES string of the molecule is CCCNC(=O)c1cc2c(cn1)CN(C1=NOC(c3cc(Cl)c(F)c(Cl)c3)(C(F)(F)F)C1)C2. The number of pyridine rings is 1. The van der Waals surface area contributed by atoms with Crippen LogP contribution in [0.15, 0.2) is 29.6 Å². The Balaban J connectivity index is 1.57. The van der Waals surface area contributed by atoms with Crippen LogP contribution < -0.4 is 5.32 Å². The molecule has 0 aliphatic carbocycles. The molecule has 176 valence electrons. The third-order valence-corrected chi connectivity index (χ3v) is 6.11. The Morgan fingerprint density at radius 1 is 1.21 bits per heavy atom. The van der Waals surface area contributed by atoms with E-state index in [9.17, 15) is 22.4 Å². The van der Waals surface area contributed by atoms with E-state index < -0.39 is 39.6 Å². The van der Waals surface area contributed by atoms with E-state index in [1.165, 1.54) is 6.20 Å². The van der Waals surface area contributed by atoms with Gasteiger partial charge in [0.05, 0.1) is 16.5 Å². The van der Waals surface area contributed by atoms with Crippen molar-refractivity contribution < 1.29 is 27.2 Å². The number of carbonyl (C=O) groups is 1. The van der Waals surface area contributed by atoms with Crippen LogP contribution in [-0.2, 0) is 23.5 Å². The average Bonchev–Trinajstić information content (AvgIpc) is 3.39. The van der Waals surface area contributed by atoms with Crippen LogP contribution in [0.3, 0.4) is 0 Å². The van der Waals surface area contributed by atoms with Crippen LogP contribution in [-0.4, -0.2) is 34.3 Å². The summed E-state index contributed by atoms with van der Waals surface area (Å²) in [7, 11) is 0. The van der Waals surface area contributed by atoms with Gasteiger partial charge in [-0.25, -0.2) is 4.39 Å². The Morgan fingerprint density at radius 2 is 1.88 bits per heavy atom. The van der Waals surface area contributed by atoms with Gasteiger partial charge in [0.15, 0.2) is 5.82 Å². The molecule has 2 aliphatic heterocycles. The van der Waals surface area contributed by atoms with Crippen molar-refractivity contribution in [3.05, 3.63) is 62.6 Å². The molecule has 0 bridgehead atoms. The number of hydrogen-bond donors (Lipinski definition) is 1. The number of fused-ring (bicyclic) bond motifs is 1. The largest absolute Gasteiger partial charge is 0.435 e. The highest BCUT2D eigenvalue weighted by Crippen LogP contribution is 2.50. The highest BCUT2D eigenvalue weighted by molar-refractivity contribution is 6.35. The minimum atomic E-state index is -4.89. The second-order valence-corrected chi connectivity index (χ2v) is 8.62. The number of aromatic nitrogens is 1. The van der Waals surface area contributed by atoms with E-state index in [4.69, 9.17) is 28.0 Å². The maximum Gasteiger partial charge on any atom is 0.435 e. The van der Waals surface area contributed by atoms with Crippen LogP contribution in [0.1, 0.15) is 46.9 Å². The van der Waals surface area contributed by atoms with Gasteiger partial charge in [-0.1, -0.05) is 35.3 Å². The van der Waals surface area contributed by atoms with E-state index in [1.54, 1.807) is 11.0 Å². The quantitative estimate of drug-likeness (QED) is 0.460. The van der Waals surface area contributed by atoms with Gasteiger partial charge in [-0.15, -0.1) is 0 Å². The molecule has 2 aliphatic rings. The molecule has 1 atom stereocenters. The first-order valence-corrected chi connectivity index (χ1v) is 10.8. The summed E-state index contributed by atoms with van der Waals surface area (Å²) in [5, 5.41) is 5.35. The highest BCUT2D eigenvalue weighted by Gasteiger charge is 2.63. The first kappa shape index (κ1) is 23.6. The average molecular weight is 505 g/mol. The minimum absolute atomic E-state index is 0.0529. The number of amidine groups is 1. The van der Waals surface area contributed by atoms with Crippen molar-refractivity contribution >= 4 is 34.9 Å². The monoisotopic (exact) mass is 504 g/mol. The van der Waals surface area contributed by atoms with Gasteiger partial charge in [-0.05, 0) is 35.7 Å². The first-order valence-electron chi connectivity index (χ1n) is 10.0. The molecular weight excluding hydrogens is 487 g/mol. The Morgan fingerprint density at radius 3 is 2.52 bits per heavy atom. The highest BCUT2D eigenvalue weighted by atomic mass is 35.5. The fraction of sp³-hybridized carbons (Fsp3) is 0.381. The van der Waals surface area contributed by atoms with Crippen molar-refractivity contribution in [3.63, 3.8) is 0 Å². The smallest absolute Gasteiger partial charge is 0.372 e. The molecule has 0 fully saturated rings. The zero-order valence-corrected chi connectivity index (χ0v) is 18.8. The van der Waals surface area contributed by atoms with E-state index in [0.29, 0.717) is 6.54 Å².